The Morgan fingerprint density at radius 1 is 0.935 bits per heavy atom. The fourth-order valence-electron chi connectivity index (χ4n) is 2.57. The molecule has 10 heteroatoms. The highest BCUT2D eigenvalue weighted by Crippen LogP contribution is 2.15. The minimum absolute atomic E-state index is 0.0370. The highest BCUT2D eigenvalue weighted by molar-refractivity contribution is 7.89. The van der Waals surface area contributed by atoms with E-state index in [-0.39, 0.29) is 23.8 Å². The van der Waals surface area contributed by atoms with Gasteiger partial charge in [-0.1, -0.05) is 24.3 Å². The van der Waals surface area contributed by atoms with E-state index in [0.717, 1.165) is 9.87 Å². The minimum atomic E-state index is -3.92. The molecule has 0 aromatic heterocycles. The summed E-state index contributed by atoms with van der Waals surface area (Å²) in [6.07, 6.45) is 0. The molecule has 0 atom stereocenters. The van der Waals surface area contributed by atoms with E-state index in [1.54, 1.807) is 31.4 Å². The number of Topliss-reactive ketones (excluding diaryl/α,β-unsaturated/α-hetero) is 1. The lowest BCUT2D eigenvalue weighted by Gasteiger charge is -2.17. The number of benzene rings is 2. The van der Waals surface area contributed by atoms with Gasteiger partial charge in [0.15, 0.2) is 5.78 Å². The van der Waals surface area contributed by atoms with Crippen LogP contribution in [-0.4, -0.2) is 57.6 Å². The summed E-state index contributed by atoms with van der Waals surface area (Å²) in [6.45, 7) is 0.926. The van der Waals surface area contributed by atoms with Gasteiger partial charge in [0.25, 0.3) is 0 Å². The second kappa shape index (κ2) is 10.7. The molecule has 2 rings (SSSR count). The van der Waals surface area contributed by atoms with Gasteiger partial charge < -0.3 is 15.4 Å². The standard InChI is InChI=1S/C21H25N3O6S/c1-15(25)17-6-10-19(11-7-17)31(28,29)24(2)14-21(27)23-13-20(26)22-12-16-4-8-18(30-3)9-5-16/h4-11H,12-14H2,1-3H3,(H,22,26)(H,23,27). The number of carbonyl (C=O) groups is 3. The average Bonchev–Trinajstić information content (AvgIpc) is 2.76. The molecule has 0 spiro atoms. The molecule has 9 nitrogen and oxygen atoms in total. The van der Waals surface area contributed by atoms with Crippen LogP contribution in [0.4, 0.5) is 0 Å². The summed E-state index contributed by atoms with van der Waals surface area (Å²) >= 11 is 0. The topological polar surface area (TPSA) is 122 Å². The summed E-state index contributed by atoms with van der Waals surface area (Å²) in [5, 5.41) is 5.06. The number of methoxy groups -OCH3 is 1. The number of ketones is 1. The van der Waals surface area contributed by atoms with E-state index in [1.807, 2.05) is 0 Å². The number of hydrogen-bond donors (Lipinski definition) is 2. The zero-order chi connectivity index (χ0) is 23.0. The summed E-state index contributed by atoms with van der Waals surface area (Å²) in [7, 11) is -1.09. The molecule has 0 saturated heterocycles. The van der Waals surface area contributed by atoms with E-state index >= 15 is 0 Å². The van der Waals surface area contributed by atoms with Crippen LogP contribution in [0.15, 0.2) is 53.4 Å². The van der Waals surface area contributed by atoms with Gasteiger partial charge in [0.1, 0.15) is 5.75 Å². The Balaban J connectivity index is 1.82. The molecule has 0 aliphatic heterocycles. The molecule has 2 N–H and O–H groups in total. The van der Waals surface area contributed by atoms with Crippen molar-refractivity contribution in [3.63, 3.8) is 0 Å². The lowest BCUT2D eigenvalue weighted by Crippen LogP contribution is -2.42. The first-order chi connectivity index (χ1) is 14.6. The van der Waals surface area contributed by atoms with Gasteiger partial charge >= 0.3 is 0 Å². The van der Waals surface area contributed by atoms with Crippen LogP contribution in [0.3, 0.4) is 0 Å². The predicted octanol–water partition coefficient (Wildman–Crippen LogP) is 0.951. The largest absolute Gasteiger partial charge is 0.497 e. The molecule has 2 aromatic carbocycles. The third-order valence-electron chi connectivity index (χ3n) is 4.43. The maximum atomic E-state index is 12.6. The SMILES string of the molecule is COc1ccc(CNC(=O)CNC(=O)CN(C)S(=O)(=O)c2ccc(C(C)=O)cc2)cc1. The van der Waals surface area contributed by atoms with Crippen LogP contribution >= 0.6 is 0 Å². The normalized spacial score (nSPS) is 11.1. The number of ether oxygens (including phenoxy) is 1. The first-order valence-electron chi connectivity index (χ1n) is 9.37. The van der Waals surface area contributed by atoms with Crippen molar-refractivity contribution in [2.24, 2.45) is 0 Å². The van der Waals surface area contributed by atoms with E-state index in [1.165, 1.54) is 38.2 Å². The maximum Gasteiger partial charge on any atom is 0.243 e. The molecule has 0 fully saturated rings. The highest BCUT2D eigenvalue weighted by Gasteiger charge is 2.23. The van der Waals surface area contributed by atoms with E-state index in [9.17, 15) is 22.8 Å². The lowest BCUT2D eigenvalue weighted by atomic mass is 10.2. The van der Waals surface area contributed by atoms with Gasteiger partial charge in [-0.3, -0.25) is 14.4 Å². The molecule has 0 aliphatic rings. The summed E-state index contributed by atoms with van der Waals surface area (Å²) in [5.41, 5.74) is 1.25. The van der Waals surface area contributed by atoms with Crippen LogP contribution in [0.25, 0.3) is 0 Å². The molecule has 0 heterocycles. The number of rotatable bonds is 10. The van der Waals surface area contributed by atoms with Crippen molar-refractivity contribution >= 4 is 27.6 Å². The van der Waals surface area contributed by atoms with Crippen molar-refractivity contribution in [1.29, 1.82) is 0 Å². The van der Waals surface area contributed by atoms with E-state index in [2.05, 4.69) is 10.6 Å². The quantitative estimate of drug-likeness (QED) is 0.523. The molecule has 0 radical (unpaired) electrons. The number of sulfonamides is 1. The number of likely N-dealkylation sites (N-methyl/N-ethyl adjacent to an activating group) is 1. The van der Waals surface area contributed by atoms with Gasteiger partial charge in [-0.05, 0) is 36.8 Å². The predicted molar refractivity (Wildman–Crippen MR) is 114 cm³/mol. The Morgan fingerprint density at radius 3 is 2.10 bits per heavy atom. The number of nitrogens with zero attached hydrogens (tertiary/aromatic N) is 1. The van der Waals surface area contributed by atoms with Crippen molar-refractivity contribution in [1.82, 2.24) is 14.9 Å². The third kappa shape index (κ3) is 6.90. The first kappa shape index (κ1) is 24.0. The Kier molecular flexibility index (Phi) is 8.29. The third-order valence-corrected chi connectivity index (χ3v) is 6.25. The molecule has 0 unspecified atom stereocenters. The molecule has 0 saturated carbocycles. The fraction of sp³-hybridized carbons (Fsp3) is 0.286. The van der Waals surface area contributed by atoms with Crippen LogP contribution in [0, 0.1) is 0 Å². The zero-order valence-corrected chi connectivity index (χ0v) is 18.4. The summed E-state index contributed by atoms with van der Waals surface area (Å²) in [5.74, 6) is -0.501. The fourth-order valence-corrected chi connectivity index (χ4v) is 3.70. The Morgan fingerprint density at radius 2 is 1.55 bits per heavy atom. The van der Waals surface area contributed by atoms with Crippen LogP contribution in [0.5, 0.6) is 5.75 Å². The van der Waals surface area contributed by atoms with E-state index in [4.69, 9.17) is 4.74 Å². The molecule has 0 bridgehead atoms. The minimum Gasteiger partial charge on any atom is -0.497 e. The van der Waals surface area contributed by atoms with Crippen molar-refractivity contribution in [2.45, 2.75) is 18.4 Å². The summed E-state index contributed by atoms with van der Waals surface area (Å²) in [4.78, 5) is 35.3. The molecule has 0 aliphatic carbocycles. The molecular weight excluding hydrogens is 422 g/mol. The van der Waals surface area contributed by atoms with E-state index < -0.39 is 28.4 Å². The van der Waals surface area contributed by atoms with Crippen molar-refractivity contribution in [3.8, 4) is 5.75 Å². The van der Waals surface area contributed by atoms with Crippen molar-refractivity contribution in [3.05, 3.63) is 59.7 Å². The zero-order valence-electron chi connectivity index (χ0n) is 17.5. The molecule has 2 aromatic rings. The van der Waals surface area contributed by atoms with Gasteiger partial charge in [0.2, 0.25) is 21.8 Å². The number of nitrogens with one attached hydrogen (secondary N) is 2. The Hall–Kier alpha value is -3.24. The molecular formula is C21H25N3O6S. The number of carbonyl (C=O) groups excluding carboxylic acids is 3. The average molecular weight is 448 g/mol. The Bertz CT molecular complexity index is 1030. The first-order valence-corrected chi connectivity index (χ1v) is 10.8. The van der Waals surface area contributed by atoms with Gasteiger partial charge in [0.05, 0.1) is 25.1 Å². The summed E-state index contributed by atoms with van der Waals surface area (Å²) < 4.78 is 31.1. The van der Waals surface area contributed by atoms with E-state index in [0.29, 0.717) is 11.3 Å². The smallest absolute Gasteiger partial charge is 0.243 e. The molecule has 2 amide bonds. The maximum absolute atomic E-state index is 12.6. The number of amides is 2. The molecule has 166 valence electrons. The highest BCUT2D eigenvalue weighted by atomic mass is 32.2. The van der Waals surface area contributed by atoms with Crippen molar-refractivity contribution in [2.75, 3.05) is 27.2 Å². The Labute approximate surface area is 181 Å². The molecule has 31 heavy (non-hydrogen) atoms. The second-order valence-corrected chi connectivity index (χ2v) is 8.79. The summed E-state index contributed by atoms with van der Waals surface area (Å²) in [6, 6.07) is 12.6. The van der Waals surface area contributed by atoms with Crippen LogP contribution in [0.2, 0.25) is 0 Å². The second-order valence-electron chi connectivity index (χ2n) is 6.74. The monoisotopic (exact) mass is 447 g/mol. The number of hydrogen-bond acceptors (Lipinski definition) is 6. The lowest BCUT2D eigenvalue weighted by molar-refractivity contribution is -0.126. The van der Waals surface area contributed by atoms with Crippen LogP contribution < -0.4 is 15.4 Å². The van der Waals surface area contributed by atoms with Crippen LogP contribution in [0.1, 0.15) is 22.8 Å². The van der Waals surface area contributed by atoms with Gasteiger partial charge in [0, 0.05) is 19.2 Å². The van der Waals surface area contributed by atoms with Gasteiger partial charge in [-0.25, -0.2) is 8.42 Å². The van der Waals surface area contributed by atoms with Crippen LogP contribution in [-0.2, 0) is 26.2 Å². The van der Waals surface area contributed by atoms with Gasteiger partial charge in [-0.15, -0.1) is 0 Å². The van der Waals surface area contributed by atoms with Crippen molar-refractivity contribution < 1.29 is 27.5 Å². The van der Waals surface area contributed by atoms with Gasteiger partial charge in [-0.2, -0.15) is 4.31 Å².